The van der Waals surface area contributed by atoms with Crippen molar-refractivity contribution < 1.29 is 38.7 Å². The van der Waals surface area contributed by atoms with Gasteiger partial charge in [-0.05, 0) is 6.92 Å². The molecule has 0 atom stereocenters. The Morgan fingerprint density at radius 3 is 1.43 bits per heavy atom. The van der Waals surface area contributed by atoms with Crippen molar-refractivity contribution in [3.05, 3.63) is 0 Å². The molecular formula is C3H8Br2MgO. The van der Waals surface area contributed by atoms with Gasteiger partial charge in [-0.15, -0.1) is 0 Å². The van der Waals surface area contributed by atoms with Gasteiger partial charge < -0.3 is 38.7 Å². The van der Waals surface area contributed by atoms with E-state index in [1.165, 1.54) is 0 Å². The largest absolute Gasteiger partial charge is 2.00 e. The van der Waals surface area contributed by atoms with Crippen LogP contribution in [0.15, 0.2) is 0 Å². The molecule has 0 heterocycles. The molecule has 4 heteroatoms. The Labute approximate surface area is 81.9 Å². The summed E-state index contributed by atoms with van der Waals surface area (Å²) in [6, 6.07) is 0. The summed E-state index contributed by atoms with van der Waals surface area (Å²) in [5.41, 5.74) is 0. The van der Waals surface area contributed by atoms with Gasteiger partial charge >= 0.3 is 23.1 Å². The Morgan fingerprint density at radius 1 is 1.29 bits per heavy atom. The maximum atomic E-state index is 4.54. The van der Waals surface area contributed by atoms with E-state index in [0.717, 1.165) is 6.61 Å². The molecule has 0 aromatic heterocycles. The van der Waals surface area contributed by atoms with Crippen molar-refractivity contribution in [2.45, 2.75) is 6.92 Å². The molecule has 0 amide bonds. The third-order valence-corrected chi connectivity index (χ3v) is 0.289. The molecule has 0 aliphatic heterocycles. The van der Waals surface area contributed by atoms with E-state index in [2.05, 4.69) is 4.74 Å². The van der Waals surface area contributed by atoms with E-state index >= 15 is 0 Å². The van der Waals surface area contributed by atoms with Crippen LogP contribution in [0.1, 0.15) is 6.92 Å². The molecule has 0 radical (unpaired) electrons. The fourth-order valence-corrected chi connectivity index (χ4v) is 0. The molecule has 0 spiro atoms. The predicted molar refractivity (Wildman–Crippen MR) is 23.3 cm³/mol. The molecule has 0 N–H and O–H groups in total. The van der Waals surface area contributed by atoms with E-state index in [9.17, 15) is 0 Å². The Balaban J connectivity index is -0.0000000150. The third kappa shape index (κ3) is 34.4. The molecule has 42 valence electrons. The molecule has 0 saturated heterocycles. The molecule has 0 aromatic rings. The molecule has 0 fully saturated rings. The summed E-state index contributed by atoms with van der Waals surface area (Å²) in [5.74, 6) is 0. The van der Waals surface area contributed by atoms with Crippen LogP contribution in [0.3, 0.4) is 0 Å². The fraction of sp³-hybridized carbons (Fsp3) is 1.00. The second-order valence-corrected chi connectivity index (χ2v) is 0.577. The van der Waals surface area contributed by atoms with E-state index in [4.69, 9.17) is 0 Å². The smallest absolute Gasteiger partial charge is 1.00 e. The van der Waals surface area contributed by atoms with Crippen LogP contribution < -0.4 is 34.0 Å². The second-order valence-electron chi connectivity index (χ2n) is 0.577. The minimum Gasteiger partial charge on any atom is -1.00 e. The van der Waals surface area contributed by atoms with E-state index in [0.29, 0.717) is 0 Å². The first-order valence-corrected chi connectivity index (χ1v) is 1.40. The maximum Gasteiger partial charge on any atom is 2.00 e. The van der Waals surface area contributed by atoms with Crippen molar-refractivity contribution in [3.63, 3.8) is 0 Å². The van der Waals surface area contributed by atoms with Crippen LogP contribution in [-0.2, 0) is 4.74 Å². The van der Waals surface area contributed by atoms with Crippen LogP contribution >= 0.6 is 0 Å². The van der Waals surface area contributed by atoms with Gasteiger partial charge in [-0.3, -0.25) is 0 Å². The van der Waals surface area contributed by atoms with Crippen molar-refractivity contribution in [1.82, 2.24) is 0 Å². The summed E-state index contributed by atoms with van der Waals surface area (Å²) in [7, 11) is 1.68. The zero-order valence-corrected chi connectivity index (χ0v) is 9.16. The Morgan fingerprint density at radius 2 is 1.43 bits per heavy atom. The Bertz CT molecular complexity index is 14.9. The summed E-state index contributed by atoms with van der Waals surface area (Å²) in [4.78, 5) is 0. The van der Waals surface area contributed by atoms with Gasteiger partial charge in [-0.1, -0.05) is 0 Å². The van der Waals surface area contributed by atoms with Crippen molar-refractivity contribution in [1.29, 1.82) is 0 Å². The number of ether oxygens (including phenoxy) is 1. The summed E-state index contributed by atoms with van der Waals surface area (Å²) in [5, 5.41) is 0. The average molecular weight is 244 g/mol. The SMILES string of the molecule is CCOC.[Br-].[Br-].[Mg+2]. The fourth-order valence-electron chi connectivity index (χ4n) is 0. The van der Waals surface area contributed by atoms with Crippen molar-refractivity contribution in [3.8, 4) is 0 Å². The minimum absolute atomic E-state index is 0. The van der Waals surface area contributed by atoms with Crippen LogP contribution in [0, 0.1) is 0 Å². The molecule has 0 rings (SSSR count). The van der Waals surface area contributed by atoms with Crippen LogP contribution in [0.2, 0.25) is 0 Å². The molecule has 0 bridgehead atoms. The zero-order valence-electron chi connectivity index (χ0n) is 4.58. The first-order valence-electron chi connectivity index (χ1n) is 1.40. The van der Waals surface area contributed by atoms with Crippen molar-refractivity contribution in [2.75, 3.05) is 13.7 Å². The monoisotopic (exact) mass is 242 g/mol. The minimum atomic E-state index is 0. The topological polar surface area (TPSA) is 9.23 Å². The second kappa shape index (κ2) is 25.3. The summed E-state index contributed by atoms with van der Waals surface area (Å²) in [6.45, 7) is 2.78. The van der Waals surface area contributed by atoms with Crippen molar-refractivity contribution in [2.24, 2.45) is 0 Å². The summed E-state index contributed by atoms with van der Waals surface area (Å²) >= 11 is 0. The van der Waals surface area contributed by atoms with Gasteiger partial charge in [0.25, 0.3) is 0 Å². The van der Waals surface area contributed by atoms with E-state index in [-0.39, 0.29) is 57.0 Å². The van der Waals surface area contributed by atoms with Gasteiger partial charge in [-0.2, -0.15) is 0 Å². The molecular weight excluding hydrogens is 236 g/mol. The maximum absolute atomic E-state index is 4.54. The van der Waals surface area contributed by atoms with Gasteiger partial charge in [0.2, 0.25) is 0 Å². The number of hydrogen-bond acceptors (Lipinski definition) is 1. The molecule has 0 unspecified atom stereocenters. The van der Waals surface area contributed by atoms with E-state index < -0.39 is 0 Å². The number of methoxy groups -OCH3 is 1. The van der Waals surface area contributed by atoms with E-state index in [1.54, 1.807) is 7.11 Å². The Kier molecular flexibility index (Phi) is 84.4. The first-order chi connectivity index (χ1) is 1.91. The van der Waals surface area contributed by atoms with Crippen molar-refractivity contribution >= 4 is 23.1 Å². The molecule has 1 nitrogen and oxygen atoms in total. The first kappa shape index (κ1) is 23.4. The Hall–Kier alpha value is 1.69. The molecule has 0 saturated carbocycles. The zero-order chi connectivity index (χ0) is 3.41. The van der Waals surface area contributed by atoms with Crippen LogP contribution in [0.5, 0.6) is 0 Å². The molecule has 0 aliphatic carbocycles. The van der Waals surface area contributed by atoms with Gasteiger partial charge in [0.05, 0.1) is 0 Å². The quantitative estimate of drug-likeness (QED) is 0.418. The van der Waals surface area contributed by atoms with Gasteiger partial charge in [-0.25, -0.2) is 0 Å². The predicted octanol–water partition coefficient (Wildman–Crippen LogP) is -5.72. The van der Waals surface area contributed by atoms with Gasteiger partial charge in [0.1, 0.15) is 0 Å². The number of rotatable bonds is 1. The molecule has 0 aromatic carbocycles. The average Bonchev–Trinajstić information content (AvgIpc) is 1.37. The van der Waals surface area contributed by atoms with Crippen LogP contribution in [0.4, 0.5) is 0 Å². The van der Waals surface area contributed by atoms with Gasteiger partial charge in [0.15, 0.2) is 0 Å². The molecule has 0 aliphatic rings. The number of hydrogen-bond donors (Lipinski definition) is 0. The van der Waals surface area contributed by atoms with Gasteiger partial charge in [0, 0.05) is 13.7 Å². The molecule has 7 heavy (non-hydrogen) atoms. The standard InChI is InChI=1S/C3H8O.2BrH.Mg/c1-3-4-2;;;/h3H2,1-2H3;2*1H;/q;;;+2/p-2. The number of halogens is 2. The van der Waals surface area contributed by atoms with E-state index in [1.807, 2.05) is 6.92 Å². The normalized spacial score (nSPS) is 4.29. The summed E-state index contributed by atoms with van der Waals surface area (Å²) in [6.07, 6.45) is 0. The van der Waals surface area contributed by atoms with Crippen LogP contribution in [0.25, 0.3) is 0 Å². The summed E-state index contributed by atoms with van der Waals surface area (Å²) < 4.78 is 4.54. The van der Waals surface area contributed by atoms with Crippen LogP contribution in [-0.4, -0.2) is 36.8 Å². The third-order valence-electron chi connectivity index (χ3n) is 0.289.